The Labute approximate surface area is 155 Å². The Morgan fingerprint density at radius 3 is 2.30 bits per heavy atom. The number of para-hydroxylation sites is 1. The number of nitrogens with one attached hydrogen (secondary N) is 2. The molecule has 1 amide bonds. The molecule has 0 aliphatic rings. The lowest BCUT2D eigenvalue weighted by atomic mass is 10.1. The number of carbonyl (C=O) groups excluding carboxylic acids is 2. The minimum Gasteiger partial charge on any atom is -0.465 e. The fraction of sp³-hybridized carbons (Fsp3) is 0.0952. The van der Waals surface area contributed by atoms with Crippen LogP contribution in [0.1, 0.15) is 26.3 Å². The lowest BCUT2D eigenvalue weighted by molar-refractivity contribution is 0.0602. The molecule has 0 unspecified atom stereocenters. The van der Waals surface area contributed by atoms with Crippen molar-refractivity contribution >= 4 is 17.6 Å². The average Bonchev–Trinajstić information content (AvgIpc) is 2.68. The molecule has 0 saturated heterocycles. The van der Waals surface area contributed by atoms with Crippen LogP contribution in [0.5, 0.6) is 0 Å². The van der Waals surface area contributed by atoms with Crippen molar-refractivity contribution in [1.29, 1.82) is 0 Å². The predicted octanol–water partition coefficient (Wildman–Crippen LogP) is 3.39. The predicted molar refractivity (Wildman–Crippen MR) is 103 cm³/mol. The van der Waals surface area contributed by atoms with Crippen LogP contribution in [-0.4, -0.2) is 24.0 Å². The second-order valence-corrected chi connectivity index (χ2v) is 5.97. The van der Waals surface area contributed by atoms with E-state index in [4.69, 9.17) is 4.74 Å². The summed E-state index contributed by atoms with van der Waals surface area (Å²) in [6, 6.07) is 17.2. The number of amides is 1. The number of hydrogen-bond donors (Lipinski definition) is 2. The van der Waals surface area contributed by atoms with Gasteiger partial charge in [-0.2, -0.15) is 0 Å². The zero-order chi connectivity index (χ0) is 19.4. The highest BCUT2D eigenvalue weighted by Gasteiger charge is 2.16. The van der Waals surface area contributed by atoms with Crippen molar-refractivity contribution in [3.63, 3.8) is 0 Å². The molecule has 0 aliphatic carbocycles. The fourth-order valence-corrected chi connectivity index (χ4v) is 2.62. The van der Waals surface area contributed by atoms with Crippen molar-refractivity contribution in [2.45, 2.75) is 6.92 Å². The van der Waals surface area contributed by atoms with Gasteiger partial charge >= 0.3 is 5.97 Å². The van der Waals surface area contributed by atoms with E-state index in [2.05, 4.69) is 10.3 Å². The molecular formula is C21H18N2O4. The Morgan fingerprint density at radius 1 is 0.926 bits per heavy atom. The third-order valence-corrected chi connectivity index (χ3v) is 4.10. The van der Waals surface area contributed by atoms with Crippen molar-refractivity contribution in [3.8, 4) is 11.3 Å². The molecule has 1 aromatic heterocycles. The molecule has 0 saturated carbocycles. The first-order valence-corrected chi connectivity index (χ1v) is 8.28. The van der Waals surface area contributed by atoms with Gasteiger partial charge in [-0.3, -0.25) is 9.59 Å². The van der Waals surface area contributed by atoms with Gasteiger partial charge in [0, 0.05) is 5.69 Å². The Hall–Kier alpha value is -3.67. The second-order valence-electron chi connectivity index (χ2n) is 5.97. The van der Waals surface area contributed by atoms with E-state index >= 15 is 0 Å². The summed E-state index contributed by atoms with van der Waals surface area (Å²) in [5.74, 6) is -1.18. The van der Waals surface area contributed by atoms with E-state index in [9.17, 15) is 14.4 Å². The van der Waals surface area contributed by atoms with E-state index in [1.54, 1.807) is 24.3 Å². The van der Waals surface area contributed by atoms with Gasteiger partial charge in [-0.05, 0) is 36.8 Å². The molecule has 136 valence electrons. The zero-order valence-electron chi connectivity index (χ0n) is 14.9. The molecule has 3 aromatic rings. The highest BCUT2D eigenvalue weighted by molar-refractivity contribution is 6.07. The van der Waals surface area contributed by atoms with Gasteiger partial charge in [0.25, 0.3) is 11.5 Å². The zero-order valence-corrected chi connectivity index (χ0v) is 14.9. The lowest BCUT2D eigenvalue weighted by Crippen LogP contribution is -2.24. The van der Waals surface area contributed by atoms with Crippen LogP contribution in [-0.2, 0) is 4.74 Å². The molecule has 0 fully saturated rings. The molecule has 27 heavy (non-hydrogen) atoms. The third kappa shape index (κ3) is 3.95. The van der Waals surface area contributed by atoms with Gasteiger partial charge in [0.1, 0.15) is 5.56 Å². The second kappa shape index (κ2) is 7.70. The molecule has 3 rings (SSSR count). The third-order valence-electron chi connectivity index (χ3n) is 4.10. The number of pyridine rings is 1. The molecule has 2 N–H and O–H groups in total. The van der Waals surface area contributed by atoms with Crippen molar-refractivity contribution in [3.05, 3.63) is 87.7 Å². The SMILES string of the molecule is COC(=O)c1ccccc1NC(=O)c1ccc(-c2ccc(C)cc2)[nH]c1=O. The Balaban J connectivity index is 1.87. The number of aromatic nitrogens is 1. The highest BCUT2D eigenvalue weighted by Crippen LogP contribution is 2.18. The summed E-state index contributed by atoms with van der Waals surface area (Å²) in [7, 11) is 1.26. The van der Waals surface area contributed by atoms with E-state index in [-0.39, 0.29) is 16.8 Å². The Kier molecular flexibility index (Phi) is 5.17. The van der Waals surface area contributed by atoms with Crippen LogP contribution >= 0.6 is 0 Å². The minimum absolute atomic E-state index is 0.0504. The molecule has 6 heteroatoms. The molecule has 0 spiro atoms. The summed E-state index contributed by atoms with van der Waals surface area (Å²) in [6.45, 7) is 1.98. The van der Waals surface area contributed by atoms with Gasteiger partial charge in [0.2, 0.25) is 0 Å². The van der Waals surface area contributed by atoms with Crippen LogP contribution in [0, 0.1) is 6.92 Å². The van der Waals surface area contributed by atoms with E-state index in [0.717, 1.165) is 11.1 Å². The number of aromatic amines is 1. The van der Waals surface area contributed by atoms with Crippen LogP contribution in [0.25, 0.3) is 11.3 Å². The van der Waals surface area contributed by atoms with Crippen LogP contribution in [0.15, 0.2) is 65.5 Å². The van der Waals surface area contributed by atoms with Gasteiger partial charge in [-0.15, -0.1) is 0 Å². The van der Waals surface area contributed by atoms with Crippen molar-refractivity contribution < 1.29 is 14.3 Å². The normalized spacial score (nSPS) is 10.3. The van der Waals surface area contributed by atoms with Gasteiger partial charge < -0.3 is 15.0 Å². The number of esters is 1. The molecule has 2 aromatic carbocycles. The molecule has 1 heterocycles. The minimum atomic E-state index is -0.608. The molecule has 0 radical (unpaired) electrons. The van der Waals surface area contributed by atoms with Crippen LogP contribution < -0.4 is 10.9 Å². The maximum Gasteiger partial charge on any atom is 0.339 e. The fourth-order valence-electron chi connectivity index (χ4n) is 2.62. The smallest absolute Gasteiger partial charge is 0.339 e. The summed E-state index contributed by atoms with van der Waals surface area (Å²) < 4.78 is 4.70. The summed E-state index contributed by atoms with van der Waals surface area (Å²) >= 11 is 0. The lowest BCUT2D eigenvalue weighted by Gasteiger charge is -2.10. The number of aryl methyl sites for hydroxylation is 1. The highest BCUT2D eigenvalue weighted by atomic mass is 16.5. The first-order chi connectivity index (χ1) is 13.0. The van der Waals surface area contributed by atoms with Crippen LogP contribution in [0.2, 0.25) is 0 Å². The molecular weight excluding hydrogens is 344 g/mol. The number of H-pyrrole nitrogens is 1. The van der Waals surface area contributed by atoms with Gasteiger partial charge in [-0.1, -0.05) is 42.0 Å². The van der Waals surface area contributed by atoms with E-state index in [1.165, 1.54) is 19.2 Å². The number of rotatable bonds is 4. The monoisotopic (exact) mass is 362 g/mol. The summed E-state index contributed by atoms with van der Waals surface area (Å²) in [6.07, 6.45) is 0. The van der Waals surface area contributed by atoms with Crippen LogP contribution in [0.4, 0.5) is 5.69 Å². The molecule has 0 aliphatic heterocycles. The topological polar surface area (TPSA) is 88.3 Å². The van der Waals surface area contributed by atoms with Gasteiger partial charge in [0.05, 0.1) is 18.4 Å². The Morgan fingerprint density at radius 2 is 1.63 bits per heavy atom. The largest absolute Gasteiger partial charge is 0.465 e. The number of benzene rings is 2. The number of hydrogen-bond acceptors (Lipinski definition) is 4. The van der Waals surface area contributed by atoms with E-state index in [0.29, 0.717) is 5.69 Å². The quantitative estimate of drug-likeness (QED) is 0.697. The average molecular weight is 362 g/mol. The summed E-state index contributed by atoms with van der Waals surface area (Å²) in [5, 5.41) is 2.59. The van der Waals surface area contributed by atoms with E-state index < -0.39 is 17.4 Å². The number of carbonyl (C=O) groups is 2. The number of anilines is 1. The van der Waals surface area contributed by atoms with Gasteiger partial charge in [-0.25, -0.2) is 4.79 Å². The molecule has 0 bridgehead atoms. The summed E-state index contributed by atoms with van der Waals surface area (Å²) in [4.78, 5) is 39.4. The molecule has 0 atom stereocenters. The van der Waals surface area contributed by atoms with Gasteiger partial charge in [0.15, 0.2) is 0 Å². The summed E-state index contributed by atoms with van der Waals surface area (Å²) in [5.41, 5.74) is 2.50. The maximum atomic E-state index is 12.5. The molecule has 6 nitrogen and oxygen atoms in total. The standard InChI is InChI=1S/C21H18N2O4/c1-13-7-9-14(10-8-13)17-12-11-16(19(24)22-17)20(25)23-18-6-4-3-5-15(18)21(26)27-2/h3-12H,1-2H3,(H,22,24)(H,23,25). The van der Waals surface area contributed by atoms with E-state index in [1.807, 2.05) is 31.2 Å². The number of methoxy groups -OCH3 is 1. The van der Waals surface area contributed by atoms with Crippen molar-refractivity contribution in [2.75, 3.05) is 12.4 Å². The van der Waals surface area contributed by atoms with Crippen molar-refractivity contribution in [1.82, 2.24) is 4.98 Å². The first kappa shape index (κ1) is 18.1. The maximum absolute atomic E-state index is 12.5. The van der Waals surface area contributed by atoms with Crippen LogP contribution in [0.3, 0.4) is 0 Å². The Bertz CT molecular complexity index is 1050. The number of ether oxygens (including phenoxy) is 1. The van der Waals surface area contributed by atoms with Crippen molar-refractivity contribution in [2.24, 2.45) is 0 Å². The first-order valence-electron chi connectivity index (χ1n) is 8.28.